The fourth-order valence-electron chi connectivity index (χ4n) is 3.39. The maximum Gasteiger partial charge on any atom is 0.291 e. The van der Waals surface area contributed by atoms with Crippen LogP contribution in [0.1, 0.15) is 38.8 Å². The second-order valence-corrected chi connectivity index (χ2v) is 8.18. The number of nitrogens with zero attached hydrogens (tertiary/aromatic N) is 2. The molecule has 170 valence electrons. The van der Waals surface area contributed by atoms with Crippen molar-refractivity contribution in [2.24, 2.45) is 0 Å². The summed E-state index contributed by atoms with van der Waals surface area (Å²) in [5.74, 6) is 0.0693. The number of benzene rings is 2. The minimum Gasteiger partial charge on any atom is -0.484 e. The Morgan fingerprint density at radius 2 is 1.88 bits per heavy atom. The number of furan rings is 1. The monoisotopic (exact) mass is 467 g/mol. The van der Waals surface area contributed by atoms with Crippen molar-refractivity contribution in [1.29, 1.82) is 0 Å². The van der Waals surface area contributed by atoms with E-state index in [9.17, 15) is 9.18 Å². The number of halogens is 2. The van der Waals surface area contributed by atoms with Gasteiger partial charge in [-0.2, -0.15) is 5.10 Å². The van der Waals surface area contributed by atoms with E-state index in [2.05, 4.69) is 34.7 Å². The molecule has 0 atom stereocenters. The molecule has 1 amide bonds. The number of hydrogen-bond acceptors (Lipinski definition) is 4. The molecule has 0 aliphatic heterocycles. The Hall–Kier alpha value is -3.58. The topological polar surface area (TPSA) is 69.3 Å². The van der Waals surface area contributed by atoms with Crippen molar-refractivity contribution in [3.63, 3.8) is 0 Å². The number of ether oxygens (including phenoxy) is 1. The lowest BCUT2D eigenvalue weighted by Crippen LogP contribution is -2.12. The van der Waals surface area contributed by atoms with E-state index in [1.807, 2.05) is 25.5 Å². The van der Waals surface area contributed by atoms with Crippen molar-refractivity contribution < 1.29 is 18.3 Å². The Morgan fingerprint density at radius 3 is 2.61 bits per heavy atom. The molecule has 4 aromatic rings. The third-order valence-electron chi connectivity index (χ3n) is 5.22. The Morgan fingerprint density at radius 1 is 1.12 bits per heavy atom. The largest absolute Gasteiger partial charge is 0.484 e. The summed E-state index contributed by atoms with van der Waals surface area (Å²) in [6, 6.07) is 15.3. The number of nitrogens with one attached hydrogen (secondary N) is 1. The molecule has 0 unspecified atom stereocenters. The molecule has 0 bridgehead atoms. The van der Waals surface area contributed by atoms with E-state index in [0.717, 1.165) is 11.3 Å². The highest BCUT2D eigenvalue weighted by atomic mass is 35.5. The summed E-state index contributed by atoms with van der Waals surface area (Å²) in [4.78, 5) is 12.8. The summed E-state index contributed by atoms with van der Waals surface area (Å²) in [6.07, 6.45) is 0. The Balaban J connectivity index is 1.42. The van der Waals surface area contributed by atoms with Gasteiger partial charge in [-0.25, -0.2) is 4.39 Å². The van der Waals surface area contributed by atoms with Crippen molar-refractivity contribution in [3.8, 4) is 5.75 Å². The van der Waals surface area contributed by atoms with Crippen molar-refractivity contribution >= 4 is 23.2 Å². The maximum atomic E-state index is 13.2. The SMILES string of the molecule is Cc1ccc(Cn2nc(C)c(NC(=O)c3ccc(COc4ccc(F)cc4Cl)o3)c2C)cc1. The van der Waals surface area contributed by atoms with Crippen molar-refractivity contribution in [2.45, 2.75) is 33.9 Å². The molecule has 0 spiro atoms. The van der Waals surface area contributed by atoms with E-state index in [0.29, 0.717) is 29.4 Å². The Bertz CT molecular complexity index is 1290. The number of aryl methyl sites for hydroxylation is 2. The molecular formula is C25H23ClFN3O3. The van der Waals surface area contributed by atoms with Crippen LogP contribution in [0.15, 0.2) is 59.0 Å². The standard InChI is InChI=1S/C25H23ClFN3O3/c1-15-4-6-18(7-5-15)13-30-17(3)24(16(2)29-30)28-25(31)23-11-9-20(33-23)14-32-22-10-8-19(27)12-21(22)26/h4-12H,13-14H2,1-3H3,(H,28,31). The number of hydrogen-bond donors (Lipinski definition) is 1. The first-order valence-electron chi connectivity index (χ1n) is 10.4. The second kappa shape index (κ2) is 9.50. The Kier molecular flexibility index (Phi) is 6.51. The van der Waals surface area contributed by atoms with Crippen molar-refractivity contribution in [3.05, 3.63) is 99.5 Å². The van der Waals surface area contributed by atoms with Crippen LogP contribution in [0, 0.1) is 26.6 Å². The third kappa shape index (κ3) is 5.26. The molecule has 1 N–H and O–H groups in total. The molecule has 0 saturated heterocycles. The normalized spacial score (nSPS) is 10.9. The lowest BCUT2D eigenvalue weighted by atomic mass is 10.1. The molecule has 0 aliphatic rings. The molecule has 2 aromatic carbocycles. The van der Waals surface area contributed by atoms with Gasteiger partial charge in [-0.15, -0.1) is 0 Å². The quantitative estimate of drug-likeness (QED) is 0.358. The molecule has 0 fully saturated rings. The van der Waals surface area contributed by atoms with E-state index in [1.54, 1.807) is 12.1 Å². The highest BCUT2D eigenvalue weighted by Gasteiger charge is 2.18. The zero-order chi connectivity index (χ0) is 23.5. The number of carbonyl (C=O) groups excluding carboxylic acids is 1. The summed E-state index contributed by atoms with van der Waals surface area (Å²) in [6.45, 7) is 6.47. The van der Waals surface area contributed by atoms with Gasteiger partial charge in [0.1, 0.15) is 23.9 Å². The van der Waals surface area contributed by atoms with Crippen LogP contribution in [0.3, 0.4) is 0 Å². The number of aromatic nitrogens is 2. The molecule has 0 aliphatic carbocycles. The number of anilines is 1. The van der Waals surface area contributed by atoms with Crippen LogP contribution >= 0.6 is 11.6 Å². The van der Waals surface area contributed by atoms with Gasteiger partial charge in [-0.1, -0.05) is 41.4 Å². The van der Waals surface area contributed by atoms with Gasteiger partial charge in [-0.05, 0) is 56.7 Å². The molecule has 0 saturated carbocycles. The second-order valence-electron chi connectivity index (χ2n) is 7.77. The van der Waals surface area contributed by atoms with Crippen molar-refractivity contribution in [1.82, 2.24) is 9.78 Å². The van der Waals surface area contributed by atoms with Crippen LogP contribution in [0.4, 0.5) is 10.1 Å². The lowest BCUT2D eigenvalue weighted by molar-refractivity contribution is 0.0992. The van der Waals surface area contributed by atoms with Gasteiger partial charge in [0.25, 0.3) is 5.91 Å². The van der Waals surface area contributed by atoms with Gasteiger partial charge < -0.3 is 14.5 Å². The van der Waals surface area contributed by atoms with Gasteiger partial charge in [-0.3, -0.25) is 9.48 Å². The number of rotatable bonds is 7. The van der Waals surface area contributed by atoms with Crippen LogP contribution in [0.2, 0.25) is 5.02 Å². The minimum atomic E-state index is -0.447. The predicted octanol–water partition coefficient (Wildman–Crippen LogP) is 6.07. The molecular weight excluding hydrogens is 445 g/mol. The first kappa shape index (κ1) is 22.6. The van der Waals surface area contributed by atoms with E-state index in [-0.39, 0.29) is 23.3 Å². The molecule has 4 rings (SSSR count). The van der Waals surface area contributed by atoms with Gasteiger partial charge >= 0.3 is 0 Å². The lowest BCUT2D eigenvalue weighted by Gasteiger charge is -2.07. The van der Waals surface area contributed by atoms with E-state index >= 15 is 0 Å². The molecule has 2 heterocycles. The highest BCUT2D eigenvalue weighted by Crippen LogP contribution is 2.26. The average Bonchev–Trinajstić information content (AvgIpc) is 3.35. The van der Waals surface area contributed by atoms with Crippen LogP contribution < -0.4 is 10.1 Å². The molecule has 6 nitrogen and oxygen atoms in total. The van der Waals surface area contributed by atoms with E-state index < -0.39 is 5.82 Å². The highest BCUT2D eigenvalue weighted by molar-refractivity contribution is 6.32. The first-order chi connectivity index (χ1) is 15.8. The van der Waals surface area contributed by atoms with Gasteiger partial charge in [0, 0.05) is 0 Å². The van der Waals surface area contributed by atoms with Crippen molar-refractivity contribution in [2.75, 3.05) is 5.32 Å². The predicted molar refractivity (Wildman–Crippen MR) is 124 cm³/mol. The van der Waals surface area contributed by atoms with E-state index in [1.165, 1.54) is 23.8 Å². The summed E-state index contributed by atoms with van der Waals surface area (Å²) >= 11 is 5.96. The smallest absolute Gasteiger partial charge is 0.291 e. The summed E-state index contributed by atoms with van der Waals surface area (Å²) in [7, 11) is 0. The fourth-order valence-corrected chi connectivity index (χ4v) is 3.61. The summed E-state index contributed by atoms with van der Waals surface area (Å²) in [5.41, 5.74) is 4.54. The van der Waals surface area contributed by atoms with Crippen LogP contribution in [0.25, 0.3) is 0 Å². The van der Waals surface area contributed by atoms with Gasteiger partial charge in [0.05, 0.1) is 28.6 Å². The molecule has 2 aromatic heterocycles. The number of carbonyl (C=O) groups is 1. The number of amides is 1. The summed E-state index contributed by atoms with van der Waals surface area (Å²) < 4.78 is 26.2. The molecule has 33 heavy (non-hydrogen) atoms. The third-order valence-corrected chi connectivity index (χ3v) is 5.52. The first-order valence-corrected chi connectivity index (χ1v) is 10.8. The van der Waals surface area contributed by atoms with E-state index in [4.69, 9.17) is 20.8 Å². The summed E-state index contributed by atoms with van der Waals surface area (Å²) in [5, 5.41) is 7.62. The Labute approximate surface area is 195 Å². The van der Waals surface area contributed by atoms with Crippen LogP contribution in [-0.4, -0.2) is 15.7 Å². The fraction of sp³-hybridized carbons (Fsp3) is 0.200. The molecule has 8 heteroatoms. The zero-order valence-electron chi connectivity index (χ0n) is 18.5. The minimum absolute atomic E-state index is 0.0468. The van der Waals surface area contributed by atoms with Crippen LogP contribution in [0.5, 0.6) is 5.75 Å². The zero-order valence-corrected chi connectivity index (χ0v) is 19.2. The van der Waals surface area contributed by atoms with Gasteiger partial charge in [0.2, 0.25) is 0 Å². The average molecular weight is 468 g/mol. The van der Waals surface area contributed by atoms with Crippen LogP contribution in [-0.2, 0) is 13.2 Å². The molecule has 0 radical (unpaired) electrons. The maximum absolute atomic E-state index is 13.2. The van der Waals surface area contributed by atoms with Gasteiger partial charge in [0.15, 0.2) is 5.76 Å².